The smallest absolute Gasteiger partial charge is 0.306 e. The summed E-state index contributed by atoms with van der Waals surface area (Å²) in [6.45, 7) is 6.12. The van der Waals surface area contributed by atoms with E-state index in [1.807, 2.05) is 0 Å². The molecule has 1 amide bonds. The lowest BCUT2D eigenvalue weighted by molar-refractivity contribution is -0.147. The van der Waals surface area contributed by atoms with Crippen LogP contribution in [0.5, 0.6) is 0 Å². The number of hydrogen-bond acceptors (Lipinski definition) is 5. The molecule has 1 aromatic heterocycles. The number of hydrogen-bond donors (Lipinski definition) is 1. The summed E-state index contributed by atoms with van der Waals surface area (Å²) < 4.78 is 4.78. The van der Waals surface area contributed by atoms with E-state index in [0.717, 1.165) is 56.7 Å². The van der Waals surface area contributed by atoms with Gasteiger partial charge in [-0.2, -0.15) is 0 Å². The average Bonchev–Trinajstić information content (AvgIpc) is 2.60. The zero-order valence-electron chi connectivity index (χ0n) is 15.9. The molecule has 0 unspecified atom stereocenters. The minimum atomic E-state index is -0.614. The van der Waals surface area contributed by atoms with Crippen molar-refractivity contribution in [3.8, 4) is 0 Å². The molecule has 1 aromatic rings. The van der Waals surface area contributed by atoms with Gasteiger partial charge in [0.15, 0.2) is 6.61 Å². The maximum absolute atomic E-state index is 11.5. The van der Waals surface area contributed by atoms with E-state index >= 15 is 0 Å². The third-order valence-electron chi connectivity index (χ3n) is 4.72. The monoisotopic (exact) mass is 361 g/mol. The van der Waals surface area contributed by atoms with E-state index in [2.05, 4.69) is 36.9 Å². The number of nitrogens with two attached hydrogens (primary N) is 1. The molecule has 2 heterocycles. The lowest BCUT2D eigenvalue weighted by atomic mass is 9.91. The maximum Gasteiger partial charge on any atom is 0.306 e. The van der Waals surface area contributed by atoms with Gasteiger partial charge in [-0.1, -0.05) is 19.9 Å². The Balaban J connectivity index is 1.70. The molecule has 0 bridgehead atoms. The third kappa shape index (κ3) is 7.02. The third-order valence-corrected chi connectivity index (χ3v) is 4.72. The van der Waals surface area contributed by atoms with Crippen molar-refractivity contribution in [2.45, 2.75) is 52.4 Å². The number of pyridine rings is 1. The fourth-order valence-electron chi connectivity index (χ4n) is 3.38. The summed E-state index contributed by atoms with van der Waals surface area (Å²) >= 11 is 0. The molecule has 0 aromatic carbocycles. The molecule has 1 saturated heterocycles. The summed E-state index contributed by atoms with van der Waals surface area (Å²) in [5.74, 6) is 1.37. The van der Waals surface area contributed by atoms with E-state index in [9.17, 15) is 9.59 Å². The lowest BCUT2D eigenvalue weighted by Gasteiger charge is -2.33. The molecule has 2 N–H and O–H groups in total. The molecule has 0 saturated carbocycles. The predicted molar refractivity (Wildman–Crippen MR) is 102 cm³/mol. The van der Waals surface area contributed by atoms with Crippen LogP contribution in [0, 0.1) is 11.8 Å². The molecule has 6 nitrogen and oxygen atoms in total. The average molecular weight is 361 g/mol. The number of primary amides is 1. The Hall–Kier alpha value is -2.11. The number of ether oxygens (including phenoxy) is 1. The van der Waals surface area contributed by atoms with Gasteiger partial charge in [-0.25, -0.2) is 4.98 Å². The van der Waals surface area contributed by atoms with E-state index in [1.165, 1.54) is 0 Å². The van der Waals surface area contributed by atoms with Gasteiger partial charge in [-0.05, 0) is 56.1 Å². The van der Waals surface area contributed by atoms with Gasteiger partial charge in [0.05, 0.1) is 0 Å². The van der Waals surface area contributed by atoms with Gasteiger partial charge in [0.1, 0.15) is 5.82 Å². The van der Waals surface area contributed by atoms with E-state index in [1.54, 1.807) is 0 Å². The van der Waals surface area contributed by atoms with Crippen LogP contribution < -0.4 is 10.6 Å². The molecule has 0 atom stereocenters. The van der Waals surface area contributed by atoms with Crippen molar-refractivity contribution >= 4 is 17.7 Å². The van der Waals surface area contributed by atoms with Crippen LogP contribution >= 0.6 is 0 Å². The van der Waals surface area contributed by atoms with Crippen LogP contribution in [0.3, 0.4) is 0 Å². The first-order valence-corrected chi connectivity index (χ1v) is 9.59. The number of amides is 1. The molecular weight excluding hydrogens is 330 g/mol. The van der Waals surface area contributed by atoms with E-state index in [4.69, 9.17) is 15.5 Å². The molecule has 0 aliphatic carbocycles. The molecule has 1 fully saturated rings. The maximum atomic E-state index is 11.5. The summed E-state index contributed by atoms with van der Waals surface area (Å²) in [4.78, 5) is 29.2. The summed E-state index contributed by atoms with van der Waals surface area (Å²) in [7, 11) is 0. The number of rotatable bonds is 9. The Labute approximate surface area is 156 Å². The molecular formula is C20H31N3O3. The fraction of sp³-hybridized carbons (Fsp3) is 0.650. The Morgan fingerprint density at radius 1 is 1.31 bits per heavy atom. The van der Waals surface area contributed by atoms with Gasteiger partial charge in [-0.3, -0.25) is 9.59 Å². The number of carbonyl (C=O) groups is 2. The summed E-state index contributed by atoms with van der Waals surface area (Å²) in [5, 5.41) is 0. The van der Waals surface area contributed by atoms with Crippen molar-refractivity contribution in [2.24, 2.45) is 17.6 Å². The molecule has 6 heteroatoms. The number of esters is 1. The number of aromatic nitrogens is 1. The fourth-order valence-corrected chi connectivity index (χ4v) is 3.38. The second-order valence-corrected chi connectivity index (χ2v) is 7.53. The SMILES string of the molecule is CC(C)Cc1cccc(N2CCC(CCCC(=O)OCC(N)=O)CC2)n1. The van der Waals surface area contributed by atoms with Gasteiger partial charge < -0.3 is 15.4 Å². The van der Waals surface area contributed by atoms with Crippen LogP contribution in [-0.4, -0.2) is 36.6 Å². The minimum absolute atomic E-state index is 0.319. The van der Waals surface area contributed by atoms with Crippen LogP contribution in [0.15, 0.2) is 18.2 Å². The second-order valence-electron chi connectivity index (χ2n) is 7.53. The predicted octanol–water partition coefficient (Wildman–Crippen LogP) is 2.70. The standard InChI is InChI=1S/C20H31N3O3/c1-15(2)13-17-6-4-7-19(22-17)23-11-9-16(10-12-23)5-3-8-20(25)26-14-18(21)24/h4,6-7,15-16H,3,5,8-14H2,1-2H3,(H2,21,24). The molecule has 0 radical (unpaired) electrons. The van der Waals surface area contributed by atoms with Gasteiger partial charge in [0, 0.05) is 25.2 Å². The van der Waals surface area contributed by atoms with Gasteiger partial charge in [0.2, 0.25) is 0 Å². The summed E-state index contributed by atoms with van der Waals surface area (Å²) in [5.41, 5.74) is 6.12. The van der Waals surface area contributed by atoms with Crippen molar-refractivity contribution in [1.29, 1.82) is 0 Å². The summed E-state index contributed by atoms with van der Waals surface area (Å²) in [6, 6.07) is 6.30. The number of anilines is 1. The molecule has 1 aliphatic heterocycles. The molecule has 0 spiro atoms. The molecule has 1 aliphatic rings. The first-order chi connectivity index (χ1) is 12.4. The zero-order chi connectivity index (χ0) is 18.9. The largest absolute Gasteiger partial charge is 0.456 e. The Bertz CT molecular complexity index is 596. The van der Waals surface area contributed by atoms with Crippen molar-refractivity contribution in [1.82, 2.24) is 4.98 Å². The van der Waals surface area contributed by atoms with Crippen LogP contribution in [0.4, 0.5) is 5.82 Å². The first kappa shape index (κ1) is 20.2. The number of carbonyl (C=O) groups excluding carboxylic acids is 2. The number of piperidine rings is 1. The Kier molecular flexibility index (Phi) is 7.88. The first-order valence-electron chi connectivity index (χ1n) is 9.59. The topological polar surface area (TPSA) is 85.5 Å². The highest BCUT2D eigenvalue weighted by atomic mass is 16.5. The Morgan fingerprint density at radius 2 is 2.04 bits per heavy atom. The van der Waals surface area contributed by atoms with Crippen LogP contribution in [-0.2, 0) is 20.7 Å². The molecule has 26 heavy (non-hydrogen) atoms. The minimum Gasteiger partial charge on any atom is -0.456 e. The van der Waals surface area contributed by atoms with E-state index < -0.39 is 5.91 Å². The lowest BCUT2D eigenvalue weighted by Crippen LogP contribution is -2.34. The van der Waals surface area contributed by atoms with Gasteiger partial charge >= 0.3 is 5.97 Å². The van der Waals surface area contributed by atoms with Gasteiger partial charge in [-0.15, -0.1) is 0 Å². The van der Waals surface area contributed by atoms with Crippen molar-refractivity contribution in [3.63, 3.8) is 0 Å². The zero-order valence-corrected chi connectivity index (χ0v) is 15.9. The molecule has 2 rings (SSSR count). The Morgan fingerprint density at radius 3 is 2.69 bits per heavy atom. The van der Waals surface area contributed by atoms with Crippen LogP contribution in [0.1, 0.15) is 51.6 Å². The number of nitrogens with zero attached hydrogens (tertiary/aromatic N) is 2. The normalized spacial score (nSPS) is 15.3. The second kappa shape index (κ2) is 10.1. The summed E-state index contributed by atoms with van der Waals surface area (Å²) in [6.07, 6.45) is 5.41. The van der Waals surface area contributed by atoms with Crippen LogP contribution in [0.2, 0.25) is 0 Å². The quantitative estimate of drug-likeness (QED) is 0.684. The highest BCUT2D eigenvalue weighted by molar-refractivity contribution is 5.78. The van der Waals surface area contributed by atoms with Gasteiger partial charge in [0.25, 0.3) is 5.91 Å². The van der Waals surface area contributed by atoms with Crippen molar-refractivity contribution < 1.29 is 14.3 Å². The van der Waals surface area contributed by atoms with E-state index in [-0.39, 0.29) is 12.6 Å². The van der Waals surface area contributed by atoms with Crippen molar-refractivity contribution in [3.05, 3.63) is 23.9 Å². The highest BCUT2D eigenvalue weighted by Gasteiger charge is 2.20. The molecule has 144 valence electrons. The highest BCUT2D eigenvalue weighted by Crippen LogP contribution is 2.26. The van der Waals surface area contributed by atoms with Crippen molar-refractivity contribution in [2.75, 3.05) is 24.6 Å². The van der Waals surface area contributed by atoms with Crippen LogP contribution in [0.25, 0.3) is 0 Å². The van der Waals surface area contributed by atoms with E-state index in [0.29, 0.717) is 18.3 Å².